The molecule has 2 rings (SSSR count). The van der Waals surface area contributed by atoms with E-state index in [2.05, 4.69) is 5.32 Å². The van der Waals surface area contributed by atoms with E-state index in [1.54, 1.807) is 0 Å². The van der Waals surface area contributed by atoms with Gasteiger partial charge in [0.15, 0.2) is 0 Å². The molecule has 1 aliphatic rings. The van der Waals surface area contributed by atoms with Gasteiger partial charge in [-0.25, -0.2) is 0 Å². The van der Waals surface area contributed by atoms with Gasteiger partial charge in [0.25, 0.3) is 5.91 Å². The minimum atomic E-state index is 0.161. The summed E-state index contributed by atoms with van der Waals surface area (Å²) in [5.41, 5.74) is 0. The highest BCUT2D eigenvalue weighted by atomic mass is 32.1. The number of piperidine rings is 1. The summed E-state index contributed by atoms with van der Waals surface area (Å²) >= 11 is 1.52. The van der Waals surface area contributed by atoms with Crippen LogP contribution in [0.5, 0.6) is 0 Å². The van der Waals surface area contributed by atoms with Crippen molar-refractivity contribution in [3.63, 3.8) is 0 Å². The molecule has 1 N–H and O–H groups in total. The quantitative estimate of drug-likeness (QED) is 0.891. The van der Waals surface area contributed by atoms with Gasteiger partial charge in [-0.2, -0.15) is 0 Å². The van der Waals surface area contributed by atoms with Crippen LogP contribution in [-0.2, 0) is 0 Å². The monoisotopic (exact) mass is 252 g/mol. The van der Waals surface area contributed by atoms with E-state index in [-0.39, 0.29) is 5.91 Å². The lowest BCUT2D eigenvalue weighted by atomic mass is 9.94. The summed E-state index contributed by atoms with van der Waals surface area (Å²) < 4.78 is 0. The first-order valence-electron chi connectivity index (χ1n) is 6.27. The first kappa shape index (κ1) is 12.6. The predicted octanol–water partition coefficient (Wildman–Crippen LogP) is 2.21. The van der Waals surface area contributed by atoms with E-state index in [9.17, 15) is 4.79 Å². The minimum Gasteiger partial charge on any atom is -0.341 e. The normalized spacial score (nSPS) is 17.0. The van der Waals surface area contributed by atoms with Crippen molar-refractivity contribution in [3.05, 3.63) is 22.4 Å². The standard InChI is InChI=1S/C13H20N2OS/c1-15(13(16)12-3-2-10-17-12)9-6-11-4-7-14-8-5-11/h2-3,10-11,14H,4-9H2,1H3. The highest BCUT2D eigenvalue weighted by Gasteiger charge is 2.16. The molecule has 0 saturated carbocycles. The molecule has 1 aliphatic heterocycles. The lowest BCUT2D eigenvalue weighted by Gasteiger charge is -2.25. The Morgan fingerprint density at radius 2 is 2.29 bits per heavy atom. The Hall–Kier alpha value is -0.870. The average Bonchev–Trinajstić information content (AvgIpc) is 2.90. The third-order valence-electron chi connectivity index (χ3n) is 3.41. The summed E-state index contributed by atoms with van der Waals surface area (Å²) in [6.45, 7) is 3.14. The molecule has 1 fully saturated rings. The van der Waals surface area contributed by atoms with Gasteiger partial charge in [0.05, 0.1) is 4.88 Å². The number of carbonyl (C=O) groups excluding carboxylic acids is 1. The second kappa shape index (κ2) is 6.17. The first-order chi connectivity index (χ1) is 8.27. The second-order valence-corrected chi connectivity index (χ2v) is 5.63. The van der Waals surface area contributed by atoms with Crippen LogP contribution >= 0.6 is 11.3 Å². The molecule has 2 heterocycles. The van der Waals surface area contributed by atoms with E-state index >= 15 is 0 Å². The number of hydrogen-bond acceptors (Lipinski definition) is 3. The number of thiophene rings is 1. The molecule has 0 bridgehead atoms. The van der Waals surface area contributed by atoms with Gasteiger partial charge in [-0.05, 0) is 49.7 Å². The molecule has 0 radical (unpaired) electrons. The molecule has 0 aliphatic carbocycles. The van der Waals surface area contributed by atoms with Crippen molar-refractivity contribution in [1.29, 1.82) is 0 Å². The molecular formula is C13H20N2OS. The van der Waals surface area contributed by atoms with Crippen molar-refractivity contribution in [2.75, 3.05) is 26.7 Å². The number of rotatable bonds is 4. The van der Waals surface area contributed by atoms with E-state index in [1.165, 1.54) is 24.2 Å². The van der Waals surface area contributed by atoms with Gasteiger partial charge >= 0.3 is 0 Å². The molecule has 4 heteroatoms. The largest absolute Gasteiger partial charge is 0.341 e. The number of amides is 1. The molecule has 1 amide bonds. The molecule has 17 heavy (non-hydrogen) atoms. The van der Waals surface area contributed by atoms with Crippen LogP contribution in [0.25, 0.3) is 0 Å². The smallest absolute Gasteiger partial charge is 0.263 e. The lowest BCUT2D eigenvalue weighted by Crippen LogP contribution is -2.32. The Balaban J connectivity index is 1.76. The van der Waals surface area contributed by atoms with Crippen LogP contribution in [0.3, 0.4) is 0 Å². The summed E-state index contributed by atoms with van der Waals surface area (Å²) in [7, 11) is 1.91. The van der Waals surface area contributed by atoms with Crippen molar-refractivity contribution in [2.24, 2.45) is 5.92 Å². The van der Waals surface area contributed by atoms with Gasteiger partial charge in [-0.3, -0.25) is 4.79 Å². The zero-order valence-corrected chi connectivity index (χ0v) is 11.1. The molecule has 1 aromatic heterocycles. The molecule has 0 spiro atoms. The number of nitrogens with zero attached hydrogens (tertiary/aromatic N) is 1. The zero-order valence-electron chi connectivity index (χ0n) is 10.3. The van der Waals surface area contributed by atoms with Crippen LogP contribution in [0, 0.1) is 5.92 Å². The third kappa shape index (κ3) is 3.54. The minimum absolute atomic E-state index is 0.161. The molecule has 94 valence electrons. The maximum atomic E-state index is 12.0. The van der Waals surface area contributed by atoms with Crippen LogP contribution in [0.15, 0.2) is 17.5 Å². The number of carbonyl (C=O) groups is 1. The Bertz CT molecular complexity index is 344. The fourth-order valence-corrected chi connectivity index (χ4v) is 2.95. The van der Waals surface area contributed by atoms with E-state index in [1.807, 2.05) is 29.5 Å². The van der Waals surface area contributed by atoms with Crippen molar-refractivity contribution in [3.8, 4) is 0 Å². The van der Waals surface area contributed by atoms with Gasteiger partial charge in [-0.1, -0.05) is 6.07 Å². The van der Waals surface area contributed by atoms with Crippen LogP contribution in [0.1, 0.15) is 28.9 Å². The van der Waals surface area contributed by atoms with Crippen LogP contribution in [0.2, 0.25) is 0 Å². The van der Waals surface area contributed by atoms with Crippen molar-refractivity contribution < 1.29 is 4.79 Å². The van der Waals surface area contributed by atoms with Crippen molar-refractivity contribution in [1.82, 2.24) is 10.2 Å². The molecule has 3 nitrogen and oxygen atoms in total. The van der Waals surface area contributed by atoms with Gasteiger partial charge in [-0.15, -0.1) is 11.3 Å². The Morgan fingerprint density at radius 1 is 1.53 bits per heavy atom. The summed E-state index contributed by atoms with van der Waals surface area (Å²) in [6.07, 6.45) is 3.64. The Labute approximate surface area is 107 Å². The van der Waals surface area contributed by atoms with Gasteiger partial charge in [0, 0.05) is 13.6 Å². The summed E-state index contributed by atoms with van der Waals surface area (Å²) in [5, 5.41) is 5.32. The molecule has 0 unspecified atom stereocenters. The molecule has 0 aromatic carbocycles. The van der Waals surface area contributed by atoms with E-state index in [0.717, 1.165) is 36.9 Å². The summed E-state index contributed by atoms with van der Waals surface area (Å²) in [6, 6.07) is 3.83. The summed E-state index contributed by atoms with van der Waals surface area (Å²) in [5.74, 6) is 0.948. The zero-order chi connectivity index (χ0) is 12.1. The third-order valence-corrected chi connectivity index (χ3v) is 4.27. The molecular weight excluding hydrogens is 232 g/mol. The van der Waals surface area contributed by atoms with E-state index < -0.39 is 0 Å². The highest BCUT2D eigenvalue weighted by Crippen LogP contribution is 2.17. The van der Waals surface area contributed by atoms with Crippen LogP contribution in [-0.4, -0.2) is 37.5 Å². The van der Waals surface area contributed by atoms with Gasteiger partial charge in [0.2, 0.25) is 0 Å². The van der Waals surface area contributed by atoms with E-state index in [4.69, 9.17) is 0 Å². The molecule has 1 aromatic rings. The number of nitrogens with one attached hydrogen (secondary N) is 1. The fraction of sp³-hybridized carbons (Fsp3) is 0.615. The average molecular weight is 252 g/mol. The van der Waals surface area contributed by atoms with Gasteiger partial charge < -0.3 is 10.2 Å². The lowest BCUT2D eigenvalue weighted by molar-refractivity contribution is 0.0789. The SMILES string of the molecule is CN(CCC1CCNCC1)C(=O)c1cccs1. The van der Waals surface area contributed by atoms with Crippen LogP contribution in [0.4, 0.5) is 0 Å². The second-order valence-electron chi connectivity index (χ2n) is 4.69. The van der Waals surface area contributed by atoms with Gasteiger partial charge in [0.1, 0.15) is 0 Å². The first-order valence-corrected chi connectivity index (χ1v) is 7.15. The Kier molecular flexibility index (Phi) is 4.57. The topological polar surface area (TPSA) is 32.3 Å². The highest BCUT2D eigenvalue weighted by molar-refractivity contribution is 7.12. The van der Waals surface area contributed by atoms with Crippen molar-refractivity contribution >= 4 is 17.2 Å². The Morgan fingerprint density at radius 3 is 2.94 bits per heavy atom. The number of hydrogen-bond donors (Lipinski definition) is 1. The molecule has 1 saturated heterocycles. The predicted molar refractivity (Wildman–Crippen MR) is 71.5 cm³/mol. The maximum Gasteiger partial charge on any atom is 0.263 e. The van der Waals surface area contributed by atoms with Crippen molar-refractivity contribution in [2.45, 2.75) is 19.3 Å². The maximum absolute atomic E-state index is 12.0. The fourth-order valence-electron chi connectivity index (χ4n) is 2.24. The van der Waals surface area contributed by atoms with Crippen LogP contribution < -0.4 is 5.32 Å². The molecule has 0 atom stereocenters. The van der Waals surface area contributed by atoms with E-state index in [0.29, 0.717) is 0 Å². The summed E-state index contributed by atoms with van der Waals surface area (Å²) in [4.78, 5) is 14.7.